The molecule has 1 aliphatic carbocycles. The van der Waals surface area contributed by atoms with Crippen molar-refractivity contribution < 1.29 is 26.7 Å². The number of halogens is 2. The summed E-state index contributed by atoms with van der Waals surface area (Å²) >= 11 is 14.7. The van der Waals surface area contributed by atoms with Crippen LogP contribution in [0.2, 0.25) is 5.02 Å². The van der Waals surface area contributed by atoms with Gasteiger partial charge in [0.05, 0.1) is 28.5 Å². The SMILES string of the molecule is CC.CC.CC1=CC(=Nc2ccc(N)cc2)C(N)=C(Cl)C1=O.Cc1cc(Nc2ccc(N)cc2)c(N)c(Cl)c1O.O=S(=O)=S(=O)=O.[Na][Na]. The number of nitrogens with two attached hydrogens (primary N) is 4. The van der Waals surface area contributed by atoms with Crippen molar-refractivity contribution >= 4 is 131 Å². The van der Waals surface area contributed by atoms with E-state index in [-0.39, 0.29) is 27.3 Å². The number of carbonyl (C=O) groups is 1. The van der Waals surface area contributed by atoms with Gasteiger partial charge in [-0.3, -0.25) is 4.79 Å². The van der Waals surface area contributed by atoms with Crippen LogP contribution in [0.5, 0.6) is 5.75 Å². The number of phenolic OH excluding ortho intramolecular Hbond substituents is 1. The van der Waals surface area contributed by atoms with Crippen molar-refractivity contribution in [2.45, 2.75) is 41.5 Å². The Morgan fingerprint density at radius 1 is 0.792 bits per heavy atom. The Hall–Kier alpha value is -2.50. The van der Waals surface area contributed by atoms with Gasteiger partial charge in [-0.2, -0.15) is 16.8 Å². The third-order valence-electron chi connectivity index (χ3n) is 5.34. The average Bonchev–Trinajstić information content (AvgIpc) is 3.09. The molecule has 0 fully saturated rings. The fourth-order valence-corrected chi connectivity index (χ4v) is 3.64. The Balaban J connectivity index is 0. The Morgan fingerprint density at radius 2 is 1.23 bits per heavy atom. The van der Waals surface area contributed by atoms with Gasteiger partial charge in [0.25, 0.3) is 0 Å². The number of allylic oxidation sites excluding steroid dienone is 3. The van der Waals surface area contributed by atoms with E-state index in [0.29, 0.717) is 45.3 Å². The predicted molar refractivity (Wildman–Crippen MR) is 202 cm³/mol. The number of aliphatic imine (C=N–C) groups is 1. The molecule has 18 heteroatoms. The van der Waals surface area contributed by atoms with Crippen LogP contribution in [0, 0.1) is 6.92 Å². The normalized spacial score (nSPS) is 12.0. The monoisotopic (exact) mass is 758 g/mol. The summed E-state index contributed by atoms with van der Waals surface area (Å²) < 4.78 is 36.3. The van der Waals surface area contributed by atoms with Gasteiger partial charge in [0.1, 0.15) is 15.8 Å². The molecule has 0 saturated heterocycles. The van der Waals surface area contributed by atoms with Crippen molar-refractivity contribution in [1.82, 2.24) is 0 Å². The van der Waals surface area contributed by atoms with Gasteiger partial charge in [0.15, 0.2) is 0 Å². The van der Waals surface area contributed by atoms with E-state index in [2.05, 4.69) is 10.3 Å². The molecule has 0 bridgehead atoms. The number of ketones is 1. The van der Waals surface area contributed by atoms with Crippen molar-refractivity contribution in [3.63, 3.8) is 0 Å². The molecule has 252 valence electrons. The molecule has 0 aliphatic heterocycles. The van der Waals surface area contributed by atoms with E-state index in [4.69, 9.17) is 63.0 Å². The zero-order valence-electron chi connectivity index (χ0n) is 28.1. The summed E-state index contributed by atoms with van der Waals surface area (Å²) in [5, 5.41) is 13.0. The Morgan fingerprint density at radius 3 is 1.67 bits per heavy atom. The second-order valence-corrected chi connectivity index (χ2v) is 11.7. The molecule has 0 saturated carbocycles. The minimum absolute atomic E-state index is 0.0111. The Kier molecular flexibility index (Phi) is 25.3. The van der Waals surface area contributed by atoms with Crippen molar-refractivity contribution in [3.05, 3.63) is 87.6 Å². The van der Waals surface area contributed by atoms with E-state index >= 15 is 0 Å². The van der Waals surface area contributed by atoms with Gasteiger partial charge in [-0.1, -0.05) is 50.9 Å². The standard InChI is InChI=1S/C13H14ClN3O.C13H12ClN3O.2C2H6.2Na.O4S2/c2*1-7-6-10(12(16)11(14)13(7)18)17-9-4-2-8(15)3-5-9;2*1-2;;;1-5(2)6(3)4/h2-6,17-18H,15-16H2,1H3;2-6H,15-16H2,1H3;2*1-2H3;;;. The zero-order valence-corrected chi connectivity index (χ0v) is 35.2. The van der Waals surface area contributed by atoms with Crippen LogP contribution >= 0.6 is 23.2 Å². The molecule has 0 radical (unpaired) electrons. The van der Waals surface area contributed by atoms with E-state index in [1.807, 2.05) is 39.8 Å². The van der Waals surface area contributed by atoms with Crippen molar-refractivity contribution in [3.8, 4) is 5.75 Å². The molecule has 1 aliphatic rings. The Labute approximate surface area is 322 Å². The number of aryl methyl sites for hydroxylation is 1. The summed E-state index contributed by atoms with van der Waals surface area (Å²) in [5.41, 5.74) is 28.6. The van der Waals surface area contributed by atoms with E-state index < -0.39 is 18.5 Å². The molecule has 10 N–H and O–H groups in total. The number of anilines is 5. The second-order valence-electron chi connectivity index (χ2n) is 8.45. The number of hydrogen-bond donors (Lipinski definition) is 6. The van der Waals surface area contributed by atoms with Crippen molar-refractivity contribution in [2.24, 2.45) is 10.7 Å². The van der Waals surface area contributed by atoms with Gasteiger partial charge in [0, 0.05) is 22.6 Å². The first-order chi connectivity index (χ1) is 22.6. The first kappa shape index (κ1) is 47.6. The van der Waals surface area contributed by atoms with Gasteiger partial charge >= 0.3 is 62.1 Å². The molecule has 3 aromatic rings. The summed E-state index contributed by atoms with van der Waals surface area (Å²) in [7, 11) is -5.90. The van der Waals surface area contributed by atoms with E-state index in [1.54, 1.807) is 62.4 Å². The van der Waals surface area contributed by atoms with Crippen LogP contribution < -0.4 is 28.3 Å². The molecule has 12 nitrogen and oxygen atoms in total. The molecule has 0 heterocycles. The van der Waals surface area contributed by atoms with E-state index in [1.165, 1.54) is 43.6 Å². The molecule has 4 rings (SSSR count). The van der Waals surface area contributed by atoms with Crippen LogP contribution in [0.25, 0.3) is 0 Å². The number of carbonyl (C=O) groups excluding carboxylic acids is 1. The molecule has 48 heavy (non-hydrogen) atoms. The molecule has 0 atom stereocenters. The molecular weight excluding hydrogens is 721 g/mol. The van der Waals surface area contributed by atoms with Gasteiger partial charge in [-0.25, -0.2) is 4.99 Å². The minimum atomic E-state index is -2.95. The van der Waals surface area contributed by atoms with Crippen LogP contribution in [0.4, 0.5) is 34.1 Å². The van der Waals surface area contributed by atoms with Gasteiger partial charge in [0.2, 0.25) is 5.78 Å². The number of aromatic hydroxyl groups is 1. The third kappa shape index (κ3) is 16.3. The van der Waals surface area contributed by atoms with Crippen LogP contribution in [-0.2, 0) is 23.3 Å². The fourth-order valence-electron chi connectivity index (χ4n) is 3.14. The molecule has 0 spiro atoms. The number of rotatable bonds is 3. The quantitative estimate of drug-likeness (QED) is 0.0845. The van der Waals surface area contributed by atoms with E-state index in [0.717, 1.165) is 5.69 Å². The number of nitrogens with one attached hydrogen (secondary N) is 1. The van der Waals surface area contributed by atoms with Crippen LogP contribution in [0.15, 0.2) is 82.0 Å². The fraction of sp³-hybridized carbons (Fsp3) is 0.200. The summed E-state index contributed by atoms with van der Waals surface area (Å²) in [4.78, 5) is 15.9. The average molecular weight is 760 g/mol. The third-order valence-corrected chi connectivity index (χ3v) is 6.98. The van der Waals surface area contributed by atoms with Crippen LogP contribution in [0.1, 0.15) is 40.2 Å². The van der Waals surface area contributed by atoms with Gasteiger partial charge in [-0.15, -0.1) is 0 Å². The maximum atomic E-state index is 11.6. The summed E-state index contributed by atoms with van der Waals surface area (Å²) in [6.07, 6.45) is 1.62. The first-order valence-corrected chi connectivity index (χ1v) is 26.0. The second kappa shape index (κ2) is 25.5. The van der Waals surface area contributed by atoms with Crippen LogP contribution in [0.3, 0.4) is 0 Å². The number of phenols is 1. The maximum absolute atomic E-state index is 11.6. The molecule has 0 amide bonds. The number of nitrogens with zero attached hydrogens (tertiary/aromatic N) is 1. The van der Waals surface area contributed by atoms with Gasteiger partial charge in [-0.05, 0) is 80.1 Å². The summed E-state index contributed by atoms with van der Waals surface area (Å²) in [6.45, 7) is 11.4. The van der Waals surface area contributed by atoms with Crippen molar-refractivity contribution in [1.29, 1.82) is 0 Å². The first-order valence-electron chi connectivity index (χ1n) is 14.5. The molecular formula is C30H38Cl2N6Na2O6S2. The Bertz CT molecular complexity index is 1820. The number of nitrogen functional groups attached to an aromatic ring is 3. The molecule has 0 unspecified atom stereocenters. The number of hydrogen-bond acceptors (Lipinski definition) is 12. The van der Waals surface area contributed by atoms with Crippen LogP contribution in [-0.4, -0.2) is 77.1 Å². The van der Waals surface area contributed by atoms with Crippen molar-refractivity contribution in [2.75, 3.05) is 22.5 Å². The summed E-state index contributed by atoms with van der Waals surface area (Å²) in [6, 6.07) is 16.0. The number of benzene rings is 3. The topological polar surface area (TPSA) is 234 Å². The molecule has 3 aromatic carbocycles. The summed E-state index contributed by atoms with van der Waals surface area (Å²) in [5.74, 6) is -0.248. The van der Waals surface area contributed by atoms with E-state index in [9.17, 15) is 9.90 Å². The van der Waals surface area contributed by atoms with Gasteiger partial charge < -0.3 is 33.4 Å². The molecule has 0 aromatic heterocycles. The zero-order chi connectivity index (χ0) is 37.7. The number of Topliss-reactive ketones (excluding diaryl/α,β-unsaturated/α-hetero) is 1. The predicted octanol–water partition coefficient (Wildman–Crippen LogP) is 5.49.